The summed E-state index contributed by atoms with van der Waals surface area (Å²) < 4.78 is 7.06. The van der Waals surface area contributed by atoms with Crippen LogP contribution in [0.5, 0.6) is 5.88 Å². The van der Waals surface area contributed by atoms with Gasteiger partial charge in [-0.15, -0.1) is 0 Å². The Morgan fingerprint density at radius 1 is 1.32 bits per heavy atom. The maximum absolute atomic E-state index is 5.09. The van der Waals surface area contributed by atoms with Crippen molar-refractivity contribution in [2.75, 3.05) is 7.11 Å². The van der Waals surface area contributed by atoms with Gasteiger partial charge in [0.15, 0.2) is 0 Å². The van der Waals surface area contributed by atoms with Crippen LogP contribution in [0.25, 0.3) is 0 Å². The largest absolute Gasteiger partial charge is 0.481 e. The van der Waals surface area contributed by atoms with Crippen LogP contribution in [0, 0.1) is 0 Å². The van der Waals surface area contributed by atoms with Gasteiger partial charge in [-0.05, 0) is 31.5 Å². The number of methoxy groups -OCH3 is 1. The second-order valence-corrected chi connectivity index (χ2v) is 4.69. The molecule has 19 heavy (non-hydrogen) atoms. The van der Waals surface area contributed by atoms with Crippen LogP contribution in [-0.4, -0.2) is 21.9 Å². The summed E-state index contributed by atoms with van der Waals surface area (Å²) in [6.07, 6.45) is 3.76. The van der Waals surface area contributed by atoms with E-state index in [1.165, 1.54) is 0 Å². The van der Waals surface area contributed by atoms with Crippen molar-refractivity contribution in [3.63, 3.8) is 0 Å². The average molecular weight is 260 g/mol. The van der Waals surface area contributed by atoms with Gasteiger partial charge in [0.25, 0.3) is 0 Å². The third-order valence-electron chi connectivity index (χ3n) is 2.84. The molecule has 2 heterocycles. The molecular formula is C14H20N4O. The van der Waals surface area contributed by atoms with Gasteiger partial charge >= 0.3 is 0 Å². The minimum Gasteiger partial charge on any atom is -0.481 e. The van der Waals surface area contributed by atoms with E-state index in [2.05, 4.69) is 29.2 Å². The van der Waals surface area contributed by atoms with Crippen LogP contribution in [0.3, 0.4) is 0 Å². The van der Waals surface area contributed by atoms with Crippen LogP contribution in [-0.2, 0) is 13.1 Å². The van der Waals surface area contributed by atoms with Crippen molar-refractivity contribution in [1.29, 1.82) is 0 Å². The van der Waals surface area contributed by atoms with Gasteiger partial charge in [0.1, 0.15) is 0 Å². The molecule has 0 amide bonds. The molecule has 2 rings (SSSR count). The molecule has 0 aromatic carbocycles. The molecule has 0 unspecified atom stereocenters. The number of nitrogens with one attached hydrogen (secondary N) is 1. The number of nitrogens with zero attached hydrogens (tertiary/aromatic N) is 3. The molecule has 0 saturated carbocycles. The van der Waals surface area contributed by atoms with Crippen molar-refractivity contribution in [2.24, 2.45) is 0 Å². The topological polar surface area (TPSA) is 52.0 Å². The third-order valence-corrected chi connectivity index (χ3v) is 2.84. The maximum Gasteiger partial charge on any atom is 0.213 e. The first-order chi connectivity index (χ1) is 9.19. The van der Waals surface area contributed by atoms with E-state index >= 15 is 0 Å². The molecule has 1 N–H and O–H groups in total. The SMILES string of the molecule is COc1cc(CNCc2ccn(C(C)C)n2)ccn1. The van der Waals surface area contributed by atoms with E-state index in [9.17, 15) is 0 Å². The average Bonchev–Trinajstić information content (AvgIpc) is 2.88. The Labute approximate surface area is 113 Å². The van der Waals surface area contributed by atoms with Gasteiger partial charge in [0.05, 0.1) is 12.8 Å². The minimum atomic E-state index is 0.401. The van der Waals surface area contributed by atoms with Gasteiger partial charge in [-0.1, -0.05) is 0 Å². The molecule has 0 aliphatic heterocycles. The minimum absolute atomic E-state index is 0.401. The molecular weight excluding hydrogens is 240 g/mol. The summed E-state index contributed by atoms with van der Waals surface area (Å²) in [5, 5.41) is 7.85. The predicted molar refractivity (Wildman–Crippen MR) is 73.9 cm³/mol. The first kappa shape index (κ1) is 13.5. The first-order valence-corrected chi connectivity index (χ1v) is 6.42. The smallest absolute Gasteiger partial charge is 0.213 e. The molecule has 0 aliphatic carbocycles. The first-order valence-electron chi connectivity index (χ1n) is 6.42. The lowest BCUT2D eigenvalue weighted by molar-refractivity contribution is 0.397. The van der Waals surface area contributed by atoms with Crippen LogP contribution in [0.15, 0.2) is 30.6 Å². The Morgan fingerprint density at radius 3 is 2.84 bits per heavy atom. The molecule has 0 saturated heterocycles. The van der Waals surface area contributed by atoms with Crippen molar-refractivity contribution in [3.05, 3.63) is 41.9 Å². The Morgan fingerprint density at radius 2 is 2.16 bits per heavy atom. The molecule has 5 nitrogen and oxygen atoms in total. The Balaban J connectivity index is 1.85. The molecule has 102 valence electrons. The van der Waals surface area contributed by atoms with E-state index in [4.69, 9.17) is 4.74 Å². The van der Waals surface area contributed by atoms with Gasteiger partial charge in [0, 0.05) is 37.6 Å². The predicted octanol–water partition coefficient (Wildman–Crippen LogP) is 2.16. The van der Waals surface area contributed by atoms with Crippen LogP contribution in [0.1, 0.15) is 31.1 Å². The number of ether oxygens (including phenoxy) is 1. The molecule has 0 spiro atoms. The molecule has 0 atom stereocenters. The standard InChI is InChI=1S/C14H20N4O/c1-11(2)18-7-5-13(17-18)10-15-9-12-4-6-16-14(8-12)19-3/h4-8,11,15H,9-10H2,1-3H3. The van der Waals surface area contributed by atoms with Crippen molar-refractivity contribution >= 4 is 0 Å². The van der Waals surface area contributed by atoms with Crippen LogP contribution >= 0.6 is 0 Å². The zero-order valence-corrected chi connectivity index (χ0v) is 11.6. The highest BCUT2D eigenvalue weighted by molar-refractivity contribution is 5.20. The van der Waals surface area contributed by atoms with E-state index in [-0.39, 0.29) is 0 Å². The lowest BCUT2D eigenvalue weighted by atomic mass is 10.2. The van der Waals surface area contributed by atoms with E-state index in [0.717, 1.165) is 24.3 Å². The Bertz CT molecular complexity index is 522. The monoisotopic (exact) mass is 260 g/mol. The highest BCUT2D eigenvalue weighted by Crippen LogP contribution is 2.08. The van der Waals surface area contributed by atoms with E-state index in [1.807, 2.05) is 29.1 Å². The lowest BCUT2D eigenvalue weighted by Gasteiger charge is -2.06. The zero-order valence-electron chi connectivity index (χ0n) is 11.6. The Hall–Kier alpha value is -1.88. The summed E-state index contributed by atoms with van der Waals surface area (Å²) in [4.78, 5) is 4.08. The molecule has 5 heteroatoms. The normalized spacial score (nSPS) is 10.9. The fraction of sp³-hybridized carbons (Fsp3) is 0.429. The van der Waals surface area contributed by atoms with Crippen LogP contribution in [0.4, 0.5) is 0 Å². The number of hydrogen-bond acceptors (Lipinski definition) is 4. The number of aromatic nitrogens is 3. The Kier molecular flexibility index (Phi) is 4.52. The zero-order chi connectivity index (χ0) is 13.7. The molecule has 0 radical (unpaired) electrons. The lowest BCUT2D eigenvalue weighted by Crippen LogP contribution is -2.14. The quantitative estimate of drug-likeness (QED) is 0.864. The van der Waals surface area contributed by atoms with Crippen molar-refractivity contribution in [1.82, 2.24) is 20.1 Å². The van der Waals surface area contributed by atoms with Gasteiger partial charge in [0.2, 0.25) is 5.88 Å². The highest BCUT2D eigenvalue weighted by Gasteiger charge is 2.02. The van der Waals surface area contributed by atoms with Crippen LogP contribution < -0.4 is 10.1 Å². The molecule has 0 aliphatic rings. The summed E-state index contributed by atoms with van der Waals surface area (Å²) in [5.41, 5.74) is 2.20. The van der Waals surface area contributed by atoms with Crippen molar-refractivity contribution in [3.8, 4) is 5.88 Å². The summed E-state index contributed by atoms with van der Waals surface area (Å²) >= 11 is 0. The van der Waals surface area contributed by atoms with Gasteiger partial charge in [-0.3, -0.25) is 4.68 Å². The fourth-order valence-corrected chi connectivity index (χ4v) is 1.77. The molecule has 2 aromatic rings. The second kappa shape index (κ2) is 6.33. The highest BCUT2D eigenvalue weighted by atomic mass is 16.5. The summed E-state index contributed by atoms with van der Waals surface area (Å²) in [5.74, 6) is 0.642. The second-order valence-electron chi connectivity index (χ2n) is 4.69. The summed E-state index contributed by atoms with van der Waals surface area (Å²) in [7, 11) is 1.62. The number of hydrogen-bond donors (Lipinski definition) is 1. The van der Waals surface area contributed by atoms with E-state index in [1.54, 1.807) is 13.3 Å². The van der Waals surface area contributed by atoms with Crippen molar-refractivity contribution < 1.29 is 4.74 Å². The number of pyridine rings is 1. The third kappa shape index (κ3) is 3.79. The summed E-state index contributed by atoms with van der Waals surface area (Å²) in [6, 6.07) is 6.35. The van der Waals surface area contributed by atoms with E-state index < -0.39 is 0 Å². The van der Waals surface area contributed by atoms with Gasteiger partial charge < -0.3 is 10.1 Å². The number of rotatable bonds is 6. The maximum atomic E-state index is 5.09. The van der Waals surface area contributed by atoms with Crippen LogP contribution in [0.2, 0.25) is 0 Å². The van der Waals surface area contributed by atoms with Gasteiger partial charge in [-0.25, -0.2) is 4.98 Å². The summed E-state index contributed by atoms with van der Waals surface area (Å²) in [6.45, 7) is 5.76. The molecule has 0 fully saturated rings. The van der Waals surface area contributed by atoms with Crippen molar-refractivity contribution in [2.45, 2.75) is 33.0 Å². The molecule has 0 bridgehead atoms. The van der Waals surface area contributed by atoms with Gasteiger partial charge in [-0.2, -0.15) is 5.10 Å². The van der Waals surface area contributed by atoms with E-state index in [0.29, 0.717) is 11.9 Å². The molecule has 2 aromatic heterocycles. The fourth-order valence-electron chi connectivity index (χ4n) is 1.77.